The molecule has 0 radical (unpaired) electrons. The summed E-state index contributed by atoms with van der Waals surface area (Å²) in [5, 5.41) is 0.888. The van der Waals surface area contributed by atoms with E-state index in [1.807, 2.05) is 0 Å². The molecule has 1 saturated heterocycles. The van der Waals surface area contributed by atoms with Gasteiger partial charge in [0, 0.05) is 11.3 Å². The Morgan fingerprint density at radius 2 is 1.37 bits per heavy atom. The van der Waals surface area contributed by atoms with Crippen molar-refractivity contribution in [1.82, 2.24) is 4.47 Å². The molecule has 0 bridgehead atoms. The molecule has 3 aromatic rings. The zero-order valence-corrected chi connectivity index (χ0v) is 19.8. The summed E-state index contributed by atoms with van der Waals surface area (Å²) in [5.74, 6) is -4.11. The second-order valence-electron chi connectivity index (χ2n) is 8.23. The molecule has 5 rings (SSSR count). The number of sulfone groups is 1. The van der Waals surface area contributed by atoms with Crippen LogP contribution in [0.15, 0.2) is 101 Å². The van der Waals surface area contributed by atoms with Crippen molar-refractivity contribution >= 4 is 37.3 Å². The second-order valence-corrected chi connectivity index (χ2v) is 11.9. The molecule has 2 heterocycles. The fraction of sp³-hybridized carbons (Fsp3) is 0.120. The zero-order chi connectivity index (χ0) is 24.8. The summed E-state index contributed by atoms with van der Waals surface area (Å²) in [7, 11) is -8.45. The van der Waals surface area contributed by atoms with Gasteiger partial charge in [-0.25, -0.2) is 13.2 Å². The van der Waals surface area contributed by atoms with Crippen LogP contribution in [0, 0.1) is 5.41 Å². The Balaban J connectivity index is 1.78. The van der Waals surface area contributed by atoms with E-state index in [0.717, 1.165) is 5.41 Å². The third-order valence-corrected chi connectivity index (χ3v) is 9.12. The van der Waals surface area contributed by atoms with E-state index in [1.165, 1.54) is 24.3 Å². The van der Waals surface area contributed by atoms with Crippen molar-refractivity contribution in [2.45, 2.75) is 10.8 Å². The Hall–Kier alpha value is -3.76. The van der Waals surface area contributed by atoms with Crippen LogP contribution in [0.5, 0.6) is 0 Å². The number of hydrogen-bond donors (Lipinski definition) is 0. The fourth-order valence-corrected chi connectivity index (χ4v) is 7.50. The highest BCUT2D eigenvalue weighted by Gasteiger charge is 2.68. The van der Waals surface area contributed by atoms with Crippen molar-refractivity contribution in [2.75, 3.05) is 5.75 Å². The smallest absolute Gasteiger partial charge is 0.321 e. The summed E-state index contributed by atoms with van der Waals surface area (Å²) < 4.78 is 52.7. The van der Waals surface area contributed by atoms with Crippen LogP contribution >= 0.6 is 0 Å². The molecule has 3 aromatic carbocycles. The van der Waals surface area contributed by atoms with E-state index in [1.54, 1.807) is 66.7 Å². The molecule has 2 aliphatic heterocycles. The second kappa shape index (κ2) is 8.17. The lowest BCUT2D eigenvalue weighted by molar-refractivity contribution is -0.161. The lowest BCUT2D eigenvalue weighted by atomic mass is 9.66. The molecule has 2 unspecified atom stereocenters. The summed E-state index contributed by atoms with van der Waals surface area (Å²) in [6, 6.07) is 23.4. The molecule has 0 saturated carbocycles. The third-order valence-electron chi connectivity index (χ3n) is 6.18. The van der Waals surface area contributed by atoms with Gasteiger partial charge in [-0.2, -0.15) is 8.42 Å². The first kappa shape index (κ1) is 23.0. The lowest BCUT2D eigenvalue weighted by Crippen LogP contribution is -2.48. The number of carbonyl (C=O) groups excluding carboxylic acids is 2. The number of nitrogens with zero attached hydrogens (tertiary/aromatic N) is 1. The van der Waals surface area contributed by atoms with Gasteiger partial charge in [-0.15, -0.1) is 0 Å². The van der Waals surface area contributed by atoms with Crippen molar-refractivity contribution in [2.24, 2.45) is 5.41 Å². The largest absolute Gasteiger partial charge is 0.354 e. The maximum atomic E-state index is 14.1. The molecule has 1 spiro atoms. The zero-order valence-electron chi connectivity index (χ0n) is 18.1. The summed E-state index contributed by atoms with van der Waals surface area (Å²) in [4.78, 5) is 32.6. The summed E-state index contributed by atoms with van der Waals surface area (Å²) >= 11 is 0. The van der Waals surface area contributed by atoms with E-state index in [-0.39, 0.29) is 14.9 Å². The fourth-order valence-electron chi connectivity index (χ4n) is 4.59. The number of hydroxylamine groups is 1. The van der Waals surface area contributed by atoms with Gasteiger partial charge in [-0.3, -0.25) is 4.79 Å². The van der Waals surface area contributed by atoms with Gasteiger partial charge in [-0.1, -0.05) is 83.3 Å². The van der Waals surface area contributed by atoms with Gasteiger partial charge in [-0.05, 0) is 28.8 Å². The highest BCUT2D eigenvalue weighted by Crippen LogP contribution is 2.55. The van der Waals surface area contributed by atoms with Crippen molar-refractivity contribution in [1.29, 1.82) is 0 Å². The van der Waals surface area contributed by atoms with Gasteiger partial charge in [0.05, 0.1) is 10.6 Å². The summed E-state index contributed by atoms with van der Waals surface area (Å²) in [5.41, 5.74) is -1.67. The molecule has 0 aromatic heterocycles. The van der Waals surface area contributed by atoms with Crippen LogP contribution in [-0.2, 0) is 34.3 Å². The Morgan fingerprint density at radius 3 is 1.97 bits per heavy atom. The Labute approximate surface area is 202 Å². The van der Waals surface area contributed by atoms with Gasteiger partial charge in [0.1, 0.15) is 0 Å². The number of carbonyl (C=O) groups is 2. The number of benzene rings is 3. The van der Waals surface area contributed by atoms with Crippen LogP contribution in [0.4, 0.5) is 0 Å². The van der Waals surface area contributed by atoms with E-state index in [2.05, 4.69) is 0 Å². The molecule has 1 fully saturated rings. The van der Waals surface area contributed by atoms with Crippen molar-refractivity contribution < 1.29 is 31.3 Å². The van der Waals surface area contributed by atoms with Gasteiger partial charge < -0.3 is 4.84 Å². The average Bonchev–Trinajstić information content (AvgIpc) is 3.13. The molecule has 35 heavy (non-hydrogen) atoms. The highest BCUT2D eigenvalue weighted by atomic mass is 32.2. The minimum Gasteiger partial charge on any atom is -0.321 e. The maximum Gasteiger partial charge on any atom is 0.354 e. The molecule has 1 amide bonds. The van der Waals surface area contributed by atoms with Gasteiger partial charge in [0.2, 0.25) is 0 Å². The predicted molar refractivity (Wildman–Crippen MR) is 126 cm³/mol. The van der Waals surface area contributed by atoms with E-state index >= 15 is 0 Å². The molecule has 0 N–H and O–H groups in total. The standard InChI is InChI=1S/C25H19NO7S2/c27-23-25(24(28)33-26(23)35(31,32)20-14-8-3-9-15-20)21(18-10-4-1-5-11-18)16-34(29,30)17-22(25)19-12-6-2-7-13-19/h1-16,22H,17H2. The maximum absolute atomic E-state index is 14.1. The number of hydrogen-bond acceptors (Lipinski definition) is 7. The first-order chi connectivity index (χ1) is 16.7. The SMILES string of the molecule is O=C1ON(S(=O)(=O)c2ccccc2)C(=O)C12C(c1ccccc1)=CS(=O)(=O)CC2c1ccccc1. The normalized spacial score (nSPS) is 23.7. The molecular weight excluding hydrogens is 490 g/mol. The Kier molecular flexibility index (Phi) is 5.37. The molecule has 2 atom stereocenters. The predicted octanol–water partition coefficient (Wildman–Crippen LogP) is 2.92. The highest BCUT2D eigenvalue weighted by molar-refractivity contribution is 7.94. The minimum atomic E-state index is -4.57. The molecule has 8 nitrogen and oxygen atoms in total. The van der Waals surface area contributed by atoms with E-state index in [9.17, 15) is 26.4 Å². The topological polar surface area (TPSA) is 115 Å². The quantitative estimate of drug-likeness (QED) is 0.497. The van der Waals surface area contributed by atoms with Crippen LogP contribution in [-0.4, -0.2) is 38.9 Å². The molecule has 178 valence electrons. The van der Waals surface area contributed by atoms with E-state index < -0.39 is 48.8 Å². The number of amides is 1. The molecule has 0 aliphatic carbocycles. The van der Waals surface area contributed by atoms with Gasteiger partial charge in [0.25, 0.3) is 15.9 Å². The summed E-state index contributed by atoms with van der Waals surface area (Å²) in [6.45, 7) is 0. The molecule has 10 heteroatoms. The molecule has 2 aliphatic rings. The van der Waals surface area contributed by atoms with Gasteiger partial charge in [0.15, 0.2) is 15.3 Å². The number of sulfonamides is 1. The van der Waals surface area contributed by atoms with Crippen LogP contribution < -0.4 is 0 Å². The van der Waals surface area contributed by atoms with Crippen molar-refractivity contribution in [3.05, 3.63) is 108 Å². The summed E-state index contributed by atoms with van der Waals surface area (Å²) in [6.07, 6.45) is 0. The van der Waals surface area contributed by atoms with Crippen molar-refractivity contribution in [3.8, 4) is 0 Å². The minimum absolute atomic E-state index is 0.0926. The molecular formula is C25H19NO7S2. The van der Waals surface area contributed by atoms with E-state index in [4.69, 9.17) is 4.84 Å². The number of rotatable bonds is 4. The first-order valence-electron chi connectivity index (χ1n) is 10.6. The third kappa shape index (κ3) is 3.57. The first-order valence-corrected chi connectivity index (χ1v) is 13.8. The Bertz CT molecular complexity index is 1550. The van der Waals surface area contributed by atoms with E-state index in [0.29, 0.717) is 11.1 Å². The Morgan fingerprint density at radius 1 is 0.829 bits per heavy atom. The average molecular weight is 510 g/mol. The van der Waals surface area contributed by atoms with Crippen LogP contribution in [0.1, 0.15) is 17.0 Å². The van der Waals surface area contributed by atoms with Crippen LogP contribution in [0.3, 0.4) is 0 Å². The van der Waals surface area contributed by atoms with Crippen LogP contribution in [0.2, 0.25) is 0 Å². The van der Waals surface area contributed by atoms with Gasteiger partial charge >= 0.3 is 5.97 Å². The monoisotopic (exact) mass is 509 g/mol. The lowest BCUT2D eigenvalue weighted by Gasteiger charge is -2.37. The van der Waals surface area contributed by atoms with Crippen molar-refractivity contribution in [3.63, 3.8) is 0 Å². The van der Waals surface area contributed by atoms with Crippen LogP contribution in [0.25, 0.3) is 5.57 Å².